The average Bonchev–Trinajstić information content (AvgIpc) is 3.30. The number of carboxylic acids is 1. The molecule has 376 valence electrons. The van der Waals surface area contributed by atoms with Crippen molar-refractivity contribution in [3.8, 4) is 0 Å². The predicted octanol–water partition coefficient (Wildman–Crippen LogP) is 4.11. The van der Waals surface area contributed by atoms with Crippen LogP contribution >= 0.6 is 0 Å². The largest absolute Gasteiger partial charge is 0.477 e. The summed E-state index contributed by atoms with van der Waals surface area (Å²) in [5, 5.41) is 12.7. The molecule has 0 radical (unpaired) electrons. The van der Waals surface area contributed by atoms with Gasteiger partial charge in [0.1, 0.15) is 43.2 Å². The summed E-state index contributed by atoms with van der Waals surface area (Å²) < 4.78 is 107. The number of nitrogens with one attached hydrogen (secondary N) is 1. The second kappa shape index (κ2) is 25.0. The summed E-state index contributed by atoms with van der Waals surface area (Å²) >= 11 is 0. The third-order valence-electron chi connectivity index (χ3n) is 10.7. The van der Waals surface area contributed by atoms with Crippen LogP contribution in [0.5, 0.6) is 0 Å². The Hall–Kier alpha value is -6.01. The van der Waals surface area contributed by atoms with Crippen LogP contribution in [-0.4, -0.2) is 134 Å². The lowest BCUT2D eigenvalue weighted by atomic mass is 9.87. The van der Waals surface area contributed by atoms with E-state index in [0.29, 0.717) is 5.56 Å². The molecule has 11 atom stereocenters. The van der Waals surface area contributed by atoms with Gasteiger partial charge in [-0.2, -0.15) is 13.2 Å². The zero-order valence-electron chi connectivity index (χ0n) is 38.2. The van der Waals surface area contributed by atoms with Crippen molar-refractivity contribution >= 4 is 35.8 Å². The maximum absolute atomic E-state index is 13.9. The minimum atomic E-state index is -5.58. The second-order valence-electron chi connectivity index (χ2n) is 15.9. The fourth-order valence-electron chi connectivity index (χ4n) is 7.69. The Bertz CT molecular complexity index is 2170. The van der Waals surface area contributed by atoms with Crippen molar-refractivity contribution in [1.29, 1.82) is 0 Å². The van der Waals surface area contributed by atoms with Crippen LogP contribution in [0.15, 0.2) is 91.0 Å². The zero-order valence-corrected chi connectivity index (χ0v) is 38.2. The second-order valence-corrected chi connectivity index (χ2v) is 15.9. The molecule has 0 aromatic heterocycles. The summed E-state index contributed by atoms with van der Waals surface area (Å²) in [6, 6.07) is 25.0. The molecule has 69 heavy (non-hydrogen) atoms. The number of carboxylic acid groups (broad SMARTS) is 1. The van der Waals surface area contributed by atoms with Crippen LogP contribution < -0.4 is 5.32 Å². The Balaban J connectivity index is 1.61. The number of esters is 4. The summed E-state index contributed by atoms with van der Waals surface area (Å²) in [4.78, 5) is 76.0. The van der Waals surface area contributed by atoms with Crippen LogP contribution in [0.2, 0.25) is 0 Å². The summed E-state index contributed by atoms with van der Waals surface area (Å²) in [5.41, 5.74) is 2.25. The van der Waals surface area contributed by atoms with Gasteiger partial charge in [-0.15, -0.1) is 0 Å². The van der Waals surface area contributed by atoms with Crippen LogP contribution in [0.4, 0.5) is 13.2 Å². The number of alkyl halides is 3. The molecule has 2 aliphatic heterocycles. The smallest absolute Gasteiger partial charge is 0.471 e. The molecule has 0 bridgehead atoms. The highest BCUT2D eigenvalue weighted by molar-refractivity contribution is 5.82. The Morgan fingerprint density at radius 1 is 0.725 bits per heavy atom. The first-order valence-electron chi connectivity index (χ1n) is 21.5. The SMILES string of the molecule is CO[C@H]1O[C@H](CO[C@]2(C(=O)O)C[C@H](OC(C)=O)[C@@H](NC(=O)C(F)(F)F)[C@H]([C@H](OC(C)=O)[C@@H](COC(C)=O)OC(C)=O)O2)[C@H](OCc2ccccc2)[C@H](OCc2ccccc2)[C@H]1OCc1ccccc1. The standard InChI is InChI=1S/C47H54F3NO18/c1-27(52)60-25-35(66-29(3)54)39(67-30(4)55)40-37(51-44(56)47(48,49)50)34(65-28(2)53)21-46(69-40,45(57)58)64-26-36-38(61-22-31-15-9-6-10-16-31)41(62-23-32-17-11-7-12-18-32)42(43(59-5)68-36)63-24-33-19-13-8-14-20-33/h6-20,34-43H,21-26H2,1-5H3,(H,51,56)(H,57,58)/t34-,35+,36+,37+,38-,39+,40+,41-,42+,43-,46+/m0/s1. The molecule has 3 aromatic rings. The Kier molecular flexibility index (Phi) is 19.6. The van der Waals surface area contributed by atoms with Gasteiger partial charge in [0.2, 0.25) is 0 Å². The minimum absolute atomic E-state index is 0.0131. The highest BCUT2D eigenvalue weighted by atomic mass is 19.4. The first-order chi connectivity index (χ1) is 32.8. The molecule has 2 aliphatic rings. The van der Waals surface area contributed by atoms with Crippen molar-refractivity contribution in [1.82, 2.24) is 5.32 Å². The fourth-order valence-corrected chi connectivity index (χ4v) is 7.69. The van der Waals surface area contributed by atoms with E-state index in [4.69, 9.17) is 52.1 Å². The summed E-state index contributed by atoms with van der Waals surface area (Å²) in [5.74, 6) is -12.1. The van der Waals surface area contributed by atoms with E-state index in [0.717, 1.165) is 38.8 Å². The fraction of sp³-hybridized carbons (Fsp3) is 0.489. The van der Waals surface area contributed by atoms with Gasteiger partial charge in [0.15, 0.2) is 18.5 Å². The third kappa shape index (κ3) is 15.5. The van der Waals surface area contributed by atoms with Crippen LogP contribution in [-0.2, 0) is 101 Å². The molecule has 2 N–H and O–H groups in total. The molecule has 0 spiro atoms. The van der Waals surface area contributed by atoms with Crippen molar-refractivity contribution in [3.63, 3.8) is 0 Å². The Morgan fingerprint density at radius 2 is 1.23 bits per heavy atom. The van der Waals surface area contributed by atoms with E-state index < -0.39 is 129 Å². The number of carbonyl (C=O) groups excluding carboxylic acids is 5. The first-order valence-corrected chi connectivity index (χ1v) is 21.5. The maximum Gasteiger partial charge on any atom is 0.471 e. The van der Waals surface area contributed by atoms with Crippen molar-refractivity contribution < 1.29 is 99.2 Å². The lowest BCUT2D eigenvalue weighted by Gasteiger charge is -2.49. The number of halogens is 3. The highest BCUT2D eigenvalue weighted by Gasteiger charge is 2.61. The van der Waals surface area contributed by atoms with E-state index >= 15 is 0 Å². The topological polar surface area (TPSA) is 236 Å². The van der Waals surface area contributed by atoms with Gasteiger partial charge in [-0.1, -0.05) is 91.0 Å². The molecule has 19 nitrogen and oxygen atoms in total. The molecular formula is C47H54F3NO18. The molecule has 2 fully saturated rings. The normalized spacial score (nSPS) is 25.6. The van der Waals surface area contributed by atoms with Gasteiger partial charge in [-0.05, 0) is 16.7 Å². The van der Waals surface area contributed by atoms with Crippen molar-refractivity contribution in [2.24, 2.45) is 0 Å². The van der Waals surface area contributed by atoms with Crippen molar-refractivity contribution in [2.45, 2.75) is 127 Å². The summed E-state index contributed by atoms with van der Waals surface area (Å²) in [7, 11) is 1.33. The van der Waals surface area contributed by atoms with E-state index in [1.807, 2.05) is 60.7 Å². The van der Waals surface area contributed by atoms with E-state index in [9.17, 15) is 47.0 Å². The quantitative estimate of drug-likeness (QED) is 0.106. The van der Waals surface area contributed by atoms with Crippen LogP contribution in [0.25, 0.3) is 0 Å². The molecule has 2 heterocycles. The number of ether oxygens (including phenoxy) is 11. The van der Waals surface area contributed by atoms with Crippen LogP contribution in [0, 0.1) is 0 Å². The van der Waals surface area contributed by atoms with Crippen LogP contribution in [0.3, 0.4) is 0 Å². The van der Waals surface area contributed by atoms with Gasteiger partial charge < -0.3 is 62.5 Å². The van der Waals surface area contributed by atoms with Crippen molar-refractivity contribution in [2.75, 3.05) is 20.3 Å². The van der Waals surface area contributed by atoms with E-state index in [1.54, 1.807) is 35.6 Å². The average molecular weight is 978 g/mol. The van der Waals surface area contributed by atoms with E-state index in [2.05, 4.69) is 0 Å². The number of benzene rings is 3. The van der Waals surface area contributed by atoms with Crippen LogP contribution in [0.1, 0.15) is 50.8 Å². The molecule has 0 unspecified atom stereocenters. The van der Waals surface area contributed by atoms with Gasteiger partial charge in [0.25, 0.3) is 5.79 Å². The first kappa shape index (κ1) is 53.9. The van der Waals surface area contributed by atoms with Gasteiger partial charge >= 0.3 is 41.9 Å². The number of methoxy groups -OCH3 is 1. The maximum atomic E-state index is 13.9. The predicted molar refractivity (Wildman–Crippen MR) is 228 cm³/mol. The lowest BCUT2D eigenvalue weighted by Crippen LogP contribution is -2.70. The van der Waals surface area contributed by atoms with Gasteiger partial charge in [0, 0.05) is 34.8 Å². The van der Waals surface area contributed by atoms with E-state index in [-0.39, 0.29) is 19.8 Å². The number of carbonyl (C=O) groups is 6. The molecular weight excluding hydrogens is 923 g/mol. The molecule has 0 aliphatic carbocycles. The van der Waals surface area contributed by atoms with Crippen molar-refractivity contribution in [3.05, 3.63) is 108 Å². The highest BCUT2D eigenvalue weighted by Crippen LogP contribution is 2.39. The molecule has 3 aromatic carbocycles. The number of aliphatic carboxylic acids is 1. The zero-order chi connectivity index (χ0) is 50.3. The number of amides is 1. The van der Waals surface area contributed by atoms with Gasteiger partial charge in [0.05, 0.1) is 38.9 Å². The molecule has 2 saturated heterocycles. The Labute approximate surface area is 394 Å². The number of hydrogen-bond acceptors (Lipinski definition) is 17. The molecule has 0 saturated carbocycles. The van der Waals surface area contributed by atoms with Gasteiger partial charge in [-0.3, -0.25) is 24.0 Å². The molecule has 1 amide bonds. The molecule has 22 heteroatoms. The molecule has 5 rings (SSSR count). The van der Waals surface area contributed by atoms with E-state index in [1.165, 1.54) is 7.11 Å². The number of hydrogen-bond donors (Lipinski definition) is 2. The minimum Gasteiger partial charge on any atom is -0.477 e. The summed E-state index contributed by atoms with van der Waals surface area (Å²) in [6.07, 6.45) is -21.2. The monoisotopic (exact) mass is 977 g/mol. The number of rotatable bonds is 22. The lowest BCUT2D eigenvalue weighted by molar-refractivity contribution is -0.347. The Morgan fingerprint density at radius 3 is 1.68 bits per heavy atom. The summed E-state index contributed by atoms with van der Waals surface area (Å²) in [6.45, 7) is 1.83. The third-order valence-corrected chi connectivity index (χ3v) is 10.7. The van der Waals surface area contributed by atoms with Gasteiger partial charge in [-0.25, -0.2) is 4.79 Å².